The highest BCUT2D eigenvalue weighted by molar-refractivity contribution is 7.92. The molecule has 0 radical (unpaired) electrons. The molecule has 190 valence electrons. The standard InChI is InChI=1S/C28H32N2O5S/c1-4-6-22-11-15-27(16-12-22)35-18-17-29-28(32)24-13-9-23(10-14-24)20-30(36(3,33)34)26-8-5-7-25(19-26)21(2)31/h5,7-16,19H,4,6,17-18,20H2,1-3H3,(H,29,32). The number of Topliss-reactive ketones (excluding diaryl/α,β-unsaturated/α-hetero) is 1. The summed E-state index contributed by atoms with van der Waals surface area (Å²) in [4.78, 5) is 24.2. The fraction of sp³-hybridized carbons (Fsp3) is 0.286. The van der Waals surface area contributed by atoms with E-state index in [0.717, 1.165) is 24.8 Å². The lowest BCUT2D eigenvalue weighted by Crippen LogP contribution is -2.30. The van der Waals surface area contributed by atoms with Crippen LogP contribution >= 0.6 is 0 Å². The van der Waals surface area contributed by atoms with Crippen molar-refractivity contribution in [3.8, 4) is 5.75 Å². The van der Waals surface area contributed by atoms with Gasteiger partial charge in [0.2, 0.25) is 10.0 Å². The third-order valence-corrected chi connectivity index (χ3v) is 6.74. The van der Waals surface area contributed by atoms with Crippen molar-refractivity contribution in [3.63, 3.8) is 0 Å². The van der Waals surface area contributed by atoms with E-state index in [9.17, 15) is 18.0 Å². The molecule has 3 aromatic rings. The van der Waals surface area contributed by atoms with Crippen LogP contribution < -0.4 is 14.4 Å². The van der Waals surface area contributed by atoms with Gasteiger partial charge in [-0.3, -0.25) is 13.9 Å². The minimum absolute atomic E-state index is 0.0764. The Morgan fingerprint density at radius 3 is 2.19 bits per heavy atom. The lowest BCUT2D eigenvalue weighted by Gasteiger charge is -2.23. The van der Waals surface area contributed by atoms with Gasteiger partial charge in [0.25, 0.3) is 5.91 Å². The highest BCUT2D eigenvalue weighted by atomic mass is 32.2. The number of nitrogens with one attached hydrogen (secondary N) is 1. The monoisotopic (exact) mass is 508 g/mol. The molecule has 0 unspecified atom stereocenters. The predicted octanol–water partition coefficient (Wildman–Crippen LogP) is 4.62. The van der Waals surface area contributed by atoms with Crippen LogP contribution in [0.2, 0.25) is 0 Å². The average molecular weight is 509 g/mol. The molecule has 7 nitrogen and oxygen atoms in total. The third kappa shape index (κ3) is 7.68. The second kappa shape index (κ2) is 12.4. The predicted molar refractivity (Wildman–Crippen MR) is 142 cm³/mol. The second-order valence-corrected chi connectivity index (χ2v) is 10.5. The molecular formula is C28H32N2O5S. The van der Waals surface area contributed by atoms with Gasteiger partial charge in [-0.05, 0) is 60.9 Å². The number of rotatable bonds is 12. The number of benzene rings is 3. The van der Waals surface area contributed by atoms with Crippen LogP contribution in [0, 0.1) is 0 Å². The number of sulfonamides is 1. The van der Waals surface area contributed by atoms with Gasteiger partial charge < -0.3 is 10.1 Å². The van der Waals surface area contributed by atoms with Crippen LogP contribution in [0.3, 0.4) is 0 Å². The number of ether oxygens (including phenoxy) is 1. The van der Waals surface area contributed by atoms with Gasteiger partial charge in [-0.15, -0.1) is 0 Å². The summed E-state index contributed by atoms with van der Waals surface area (Å²) in [5, 5.41) is 2.83. The molecule has 3 rings (SSSR count). The Morgan fingerprint density at radius 1 is 0.917 bits per heavy atom. The zero-order valence-electron chi connectivity index (χ0n) is 20.9. The van der Waals surface area contributed by atoms with Crippen molar-refractivity contribution in [1.29, 1.82) is 0 Å². The molecule has 36 heavy (non-hydrogen) atoms. The Kier molecular flexibility index (Phi) is 9.25. The summed E-state index contributed by atoms with van der Waals surface area (Å²) >= 11 is 0. The summed E-state index contributed by atoms with van der Waals surface area (Å²) in [6.07, 6.45) is 3.25. The SMILES string of the molecule is CCCc1ccc(OCCNC(=O)c2ccc(CN(c3cccc(C(C)=O)c3)S(C)(=O)=O)cc2)cc1. The Morgan fingerprint density at radius 2 is 1.58 bits per heavy atom. The van der Waals surface area contributed by atoms with E-state index in [2.05, 4.69) is 12.2 Å². The molecule has 0 aliphatic heterocycles. The first-order valence-electron chi connectivity index (χ1n) is 11.8. The van der Waals surface area contributed by atoms with E-state index in [1.165, 1.54) is 16.8 Å². The Hall–Kier alpha value is -3.65. The summed E-state index contributed by atoms with van der Waals surface area (Å²) in [5.74, 6) is 0.381. The van der Waals surface area contributed by atoms with Crippen molar-refractivity contribution >= 4 is 27.4 Å². The zero-order chi connectivity index (χ0) is 26.1. The molecule has 0 bridgehead atoms. The molecule has 0 spiro atoms. The largest absolute Gasteiger partial charge is 0.492 e. The molecule has 1 N–H and O–H groups in total. The fourth-order valence-electron chi connectivity index (χ4n) is 3.68. The van der Waals surface area contributed by atoms with Crippen LogP contribution in [-0.4, -0.2) is 39.5 Å². The number of amides is 1. The van der Waals surface area contributed by atoms with Crippen molar-refractivity contribution < 1.29 is 22.7 Å². The van der Waals surface area contributed by atoms with E-state index in [4.69, 9.17) is 4.74 Å². The Bertz CT molecular complexity index is 1290. The van der Waals surface area contributed by atoms with E-state index in [0.29, 0.717) is 35.5 Å². The summed E-state index contributed by atoms with van der Waals surface area (Å²) in [6, 6.07) is 21.2. The Labute approximate surface area is 213 Å². The van der Waals surface area contributed by atoms with Crippen molar-refractivity contribution in [1.82, 2.24) is 5.32 Å². The quantitative estimate of drug-likeness (QED) is 0.285. The first-order chi connectivity index (χ1) is 17.2. The van der Waals surface area contributed by atoms with Gasteiger partial charge >= 0.3 is 0 Å². The molecule has 0 aliphatic carbocycles. The number of hydrogen-bond acceptors (Lipinski definition) is 5. The third-order valence-electron chi connectivity index (χ3n) is 5.60. The number of anilines is 1. The number of aryl methyl sites for hydroxylation is 1. The number of carbonyl (C=O) groups excluding carboxylic acids is 2. The first kappa shape index (κ1) is 26.9. The minimum Gasteiger partial charge on any atom is -0.492 e. The molecule has 0 saturated carbocycles. The molecule has 0 saturated heterocycles. The molecule has 0 aromatic heterocycles. The lowest BCUT2D eigenvalue weighted by molar-refractivity contribution is 0.0946. The lowest BCUT2D eigenvalue weighted by atomic mass is 10.1. The number of nitrogens with zero attached hydrogens (tertiary/aromatic N) is 1. The topological polar surface area (TPSA) is 92.8 Å². The molecule has 0 aliphatic rings. The van der Waals surface area contributed by atoms with Crippen molar-refractivity contribution in [2.75, 3.05) is 23.7 Å². The molecule has 0 heterocycles. The molecule has 0 atom stereocenters. The van der Waals surface area contributed by atoms with E-state index in [-0.39, 0.29) is 18.2 Å². The van der Waals surface area contributed by atoms with Crippen molar-refractivity contribution in [3.05, 3.63) is 95.1 Å². The fourth-order valence-corrected chi connectivity index (χ4v) is 4.56. The van der Waals surface area contributed by atoms with Gasteiger partial charge in [0.1, 0.15) is 12.4 Å². The van der Waals surface area contributed by atoms with Gasteiger partial charge in [-0.25, -0.2) is 8.42 Å². The van der Waals surface area contributed by atoms with E-state index in [1.54, 1.807) is 48.5 Å². The molecule has 3 aromatic carbocycles. The van der Waals surface area contributed by atoms with Crippen LogP contribution in [0.4, 0.5) is 5.69 Å². The van der Waals surface area contributed by atoms with E-state index >= 15 is 0 Å². The van der Waals surface area contributed by atoms with E-state index < -0.39 is 10.0 Å². The van der Waals surface area contributed by atoms with E-state index in [1.807, 2.05) is 24.3 Å². The maximum Gasteiger partial charge on any atom is 0.251 e. The maximum atomic E-state index is 12.5. The van der Waals surface area contributed by atoms with Gasteiger partial charge in [-0.1, -0.05) is 49.7 Å². The van der Waals surface area contributed by atoms with Crippen molar-refractivity contribution in [2.24, 2.45) is 0 Å². The highest BCUT2D eigenvalue weighted by Crippen LogP contribution is 2.22. The Balaban J connectivity index is 1.56. The van der Waals surface area contributed by atoms with Gasteiger partial charge in [-0.2, -0.15) is 0 Å². The molecular weight excluding hydrogens is 476 g/mol. The number of hydrogen-bond donors (Lipinski definition) is 1. The smallest absolute Gasteiger partial charge is 0.251 e. The zero-order valence-corrected chi connectivity index (χ0v) is 21.7. The molecule has 1 amide bonds. The summed E-state index contributed by atoms with van der Waals surface area (Å²) in [7, 11) is -3.60. The molecule has 0 fully saturated rings. The summed E-state index contributed by atoms with van der Waals surface area (Å²) in [5.41, 5.74) is 3.29. The summed E-state index contributed by atoms with van der Waals surface area (Å²) < 4.78 is 31.8. The van der Waals surface area contributed by atoms with Crippen LogP contribution in [0.15, 0.2) is 72.8 Å². The molecule has 8 heteroatoms. The van der Waals surface area contributed by atoms with Crippen molar-refractivity contribution in [2.45, 2.75) is 33.2 Å². The second-order valence-electron chi connectivity index (χ2n) is 8.57. The normalized spacial score (nSPS) is 11.1. The van der Waals surface area contributed by atoms with Crippen LogP contribution in [0.5, 0.6) is 5.75 Å². The average Bonchev–Trinajstić information content (AvgIpc) is 2.86. The summed E-state index contributed by atoms with van der Waals surface area (Å²) in [6.45, 7) is 4.35. The van der Waals surface area contributed by atoms with Gasteiger partial charge in [0, 0.05) is 11.1 Å². The highest BCUT2D eigenvalue weighted by Gasteiger charge is 2.19. The van der Waals surface area contributed by atoms with Gasteiger partial charge in [0.05, 0.1) is 25.0 Å². The van der Waals surface area contributed by atoms with Gasteiger partial charge in [0.15, 0.2) is 5.78 Å². The maximum absolute atomic E-state index is 12.5. The van der Waals surface area contributed by atoms with Crippen LogP contribution in [-0.2, 0) is 23.0 Å². The van der Waals surface area contributed by atoms with Crippen LogP contribution in [0.1, 0.15) is 52.1 Å². The number of ketones is 1. The van der Waals surface area contributed by atoms with Crippen LogP contribution in [0.25, 0.3) is 0 Å². The minimum atomic E-state index is -3.60. The number of carbonyl (C=O) groups is 2. The first-order valence-corrected chi connectivity index (χ1v) is 13.7.